The van der Waals surface area contributed by atoms with E-state index in [1.165, 1.54) is 29.6 Å². The van der Waals surface area contributed by atoms with Gasteiger partial charge in [-0.2, -0.15) is 0 Å². The second-order valence-electron chi connectivity index (χ2n) is 6.26. The predicted octanol–water partition coefficient (Wildman–Crippen LogP) is 4.59. The number of hydrogen-bond acceptors (Lipinski definition) is 5. The van der Waals surface area contributed by atoms with E-state index >= 15 is 0 Å². The van der Waals surface area contributed by atoms with Crippen molar-refractivity contribution in [2.45, 2.75) is 16.4 Å². The highest BCUT2D eigenvalue weighted by molar-refractivity contribution is 7.98. The topological polar surface area (TPSA) is 63.7 Å². The van der Waals surface area contributed by atoms with Gasteiger partial charge in [-0.15, -0.1) is 11.8 Å². The molecule has 0 fully saturated rings. The number of para-hydroxylation sites is 1. The van der Waals surface area contributed by atoms with Gasteiger partial charge >= 0.3 is 5.97 Å². The molecule has 0 unspecified atom stereocenters. The van der Waals surface area contributed by atoms with Gasteiger partial charge in [0.15, 0.2) is 0 Å². The molecule has 29 heavy (non-hydrogen) atoms. The fourth-order valence-electron chi connectivity index (χ4n) is 2.67. The van der Waals surface area contributed by atoms with Gasteiger partial charge in [0.1, 0.15) is 6.61 Å². The van der Waals surface area contributed by atoms with Crippen LogP contribution in [0.1, 0.15) is 15.9 Å². The molecule has 0 N–H and O–H groups in total. The summed E-state index contributed by atoms with van der Waals surface area (Å²) in [4.78, 5) is 13.6. The molecule has 3 rings (SSSR count). The van der Waals surface area contributed by atoms with E-state index in [2.05, 4.69) is 0 Å². The van der Waals surface area contributed by atoms with Gasteiger partial charge in [-0.3, -0.25) is 4.31 Å². The van der Waals surface area contributed by atoms with Crippen LogP contribution in [-0.2, 0) is 21.4 Å². The molecule has 0 bridgehead atoms. The van der Waals surface area contributed by atoms with E-state index in [0.29, 0.717) is 5.69 Å². The molecule has 0 amide bonds. The van der Waals surface area contributed by atoms with Crippen LogP contribution in [0.15, 0.2) is 88.7 Å². The molecule has 0 aliphatic heterocycles. The third kappa shape index (κ3) is 4.99. The number of hydrogen-bond donors (Lipinski definition) is 0. The second kappa shape index (κ2) is 9.15. The number of benzene rings is 3. The summed E-state index contributed by atoms with van der Waals surface area (Å²) in [6.45, 7) is 0.119. The Labute approximate surface area is 175 Å². The maximum Gasteiger partial charge on any atom is 0.338 e. The Bertz CT molecular complexity index is 1080. The zero-order chi connectivity index (χ0) is 20.9. The van der Waals surface area contributed by atoms with E-state index in [0.717, 1.165) is 10.5 Å². The first-order valence-electron chi connectivity index (χ1n) is 8.86. The molecule has 7 heteroatoms. The minimum absolute atomic E-state index is 0.0302. The van der Waals surface area contributed by atoms with Crippen LogP contribution in [0.2, 0.25) is 0 Å². The Morgan fingerprint density at radius 1 is 0.966 bits per heavy atom. The number of thioether (sulfide) groups is 1. The Hall–Kier alpha value is -2.77. The van der Waals surface area contributed by atoms with Crippen molar-refractivity contribution >= 4 is 33.4 Å². The summed E-state index contributed by atoms with van der Waals surface area (Å²) in [6, 6.07) is 22.4. The van der Waals surface area contributed by atoms with Crippen LogP contribution in [0.25, 0.3) is 0 Å². The first-order chi connectivity index (χ1) is 13.9. The average Bonchev–Trinajstić information content (AvgIpc) is 2.78. The number of esters is 1. The van der Waals surface area contributed by atoms with Crippen LogP contribution in [0.4, 0.5) is 5.69 Å². The fourth-order valence-corrected chi connectivity index (χ4v) is 4.32. The summed E-state index contributed by atoms with van der Waals surface area (Å²) in [5.74, 6) is -0.571. The van der Waals surface area contributed by atoms with E-state index in [1.54, 1.807) is 42.1 Å². The molecule has 5 nitrogen and oxygen atoms in total. The molecule has 150 valence electrons. The molecule has 0 aliphatic carbocycles. The van der Waals surface area contributed by atoms with Crippen LogP contribution in [0.5, 0.6) is 0 Å². The first kappa shape index (κ1) is 21.0. The molecule has 0 aromatic heterocycles. The predicted molar refractivity (Wildman–Crippen MR) is 116 cm³/mol. The molecule has 3 aromatic carbocycles. The highest BCUT2D eigenvalue weighted by Gasteiger charge is 2.22. The van der Waals surface area contributed by atoms with Gasteiger partial charge in [0, 0.05) is 11.9 Å². The lowest BCUT2D eigenvalue weighted by atomic mass is 10.2. The third-order valence-electron chi connectivity index (χ3n) is 4.38. The van der Waals surface area contributed by atoms with Crippen molar-refractivity contribution < 1.29 is 17.9 Å². The van der Waals surface area contributed by atoms with E-state index < -0.39 is 16.0 Å². The quantitative estimate of drug-likeness (QED) is 0.408. The Balaban J connectivity index is 1.75. The van der Waals surface area contributed by atoms with E-state index in [4.69, 9.17) is 4.74 Å². The highest BCUT2D eigenvalue weighted by atomic mass is 32.2. The second-order valence-corrected chi connectivity index (χ2v) is 9.11. The lowest BCUT2D eigenvalue weighted by Crippen LogP contribution is -2.26. The van der Waals surface area contributed by atoms with Gasteiger partial charge < -0.3 is 4.74 Å². The standard InChI is InChI=1S/C22H21NO4S2/c1-23(19-8-4-3-5-9-19)29(25,26)21-10-6-7-18(15-21)22(24)27-16-17-11-13-20(28-2)14-12-17/h3-15H,16H2,1-2H3. The monoisotopic (exact) mass is 427 g/mol. The van der Waals surface area contributed by atoms with Crippen LogP contribution < -0.4 is 4.31 Å². The smallest absolute Gasteiger partial charge is 0.338 e. The van der Waals surface area contributed by atoms with Crippen LogP contribution in [0.3, 0.4) is 0 Å². The number of rotatable bonds is 7. The molecule has 0 heterocycles. The SMILES string of the molecule is CSc1ccc(COC(=O)c2cccc(S(=O)(=O)N(C)c3ccccc3)c2)cc1. The molecular formula is C22H21NO4S2. The maximum atomic E-state index is 12.9. The van der Waals surface area contributed by atoms with Crippen molar-refractivity contribution in [1.29, 1.82) is 0 Å². The Morgan fingerprint density at radius 3 is 2.31 bits per heavy atom. The van der Waals surface area contributed by atoms with Crippen LogP contribution in [0, 0.1) is 0 Å². The number of ether oxygens (including phenoxy) is 1. The van der Waals surface area contributed by atoms with Crippen molar-refractivity contribution in [3.63, 3.8) is 0 Å². The summed E-state index contributed by atoms with van der Waals surface area (Å²) in [5.41, 5.74) is 1.59. The maximum absolute atomic E-state index is 12.9. The van der Waals surface area contributed by atoms with Crippen LogP contribution in [-0.4, -0.2) is 27.7 Å². The van der Waals surface area contributed by atoms with Gasteiger partial charge in [0.05, 0.1) is 16.1 Å². The van der Waals surface area contributed by atoms with E-state index in [-0.39, 0.29) is 17.1 Å². The van der Waals surface area contributed by atoms with Gasteiger partial charge in [-0.25, -0.2) is 13.2 Å². The fraction of sp³-hybridized carbons (Fsp3) is 0.136. The number of sulfonamides is 1. The highest BCUT2D eigenvalue weighted by Crippen LogP contribution is 2.23. The molecular weight excluding hydrogens is 406 g/mol. The summed E-state index contributed by atoms with van der Waals surface area (Å²) in [7, 11) is -2.32. The number of anilines is 1. The molecule has 0 saturated carbocycles. The first-order valence-corrected chi connectivity index (χ1v) is 11.5. The minimum Gasteiger partial charge on any atom is -0.457 e. The normalized spacial score (nSPS) is 11.1. The lowest BCUT2D eigenvalue weighted by molar-refractivity contribution is 0.0472. The molecule has 0 saturated heterocycles. The number of nitrogens with zero attached hydrogens (tertiary/aromatic N) is 1. The molecule has 0 atom stereocenters. The van der Waals surface area contributed by atoms with Crippen molar-refractivity contribution in [3.8, 4) is 0 Å². The van der Waals surface area contributed by atoms with Gasteiger partial charge in [-0.05, 0) is 54.3 Å². The van der Waals surface area contributed by atoms with Crippen molar-refractivity contribution in [1.82, 2.24) is 0 Å². The van der Waals surface area contributed by atoms with Gasteiger partial charge in [0.2, 0.25) is 0 Å². The summed E-state index contributed by atoms with van der Waals surface area (Å²) in [6.07, 6.45) is 1.99. The average molecular weight is 428 g/mol. The minimum atomic E-state index is -3.80. The van der Waals surface area contributed by atoms with Gasteiger partial charge in [-0.1, -0.05) is 36.4 Å². The Kier molecular flexibility index (Phi) is 6.61. The van der Waals surface area contributed by atoms with Crippen LogP contribution >= 0.6 is 11.8 Å². The summed E-state index contributed by atoms with van der Waals surface area (Å²) >= 11 is 1.63. The van der Waals surface area contributed by atoms with Crippen molar-refractivity contribution in [2.75, 3.05) is 17.6 Å². The zero-order valence-electron chi connectivity index (χ0n) is 16.1. The van der Waals surface area contributed by atoms with Crippen molar-refractivity contribution in [3.05, 3.63) is 90.0 Å². The summed E-state index contributed by atoms with van der Waals surface area (Å²) in [5, 5.41) is 0. The van der Waals surface area contributed by atoms with Crippen molar-refractivity contribution in [2.24, 2.45) is 0 Å². The number of carbonyl (C=O) groups is 1. The number of carbonyl (C=O) groups excluding carboxylic acids is 1. The summed E-state index contributed by atoms with van der Waals surface area (Å²) < 4.78 is 32.4. The third-order valence-corrected chi connectivity index (χ3v) is 6.90. The molecule has 0 spiro atoms. The largest absolute Gasteiger partial charge is 0.457 e. The van der Waals surface area contributed by atoms with E-state index in [9.17, 15) is 13.2 Å². The Morgan fingerprint density at radius 2 is 1.66 bits per heavy atom. The van der Waals surface area contributed by atoms with E-state index in [1.807, 2.05) is 36.6 Å². The van der Waals surface area contributed by atoms with Gasteiger partial charge in [0.25, 0.3) is 10.0 Å². The molecule has 3 aromatic rings. The molecule has 0 aliphatic rings. The molecule has 0 radical (unpaired) electrons. The zero-order valence-corrected chi connectivity index (χ0v) is 17.7. The lowest BCUT2D eigenvalue weighted by Gasteiger charge is -2.19.